The minimum absolute atomic E-state index is 0.285. The first-order chi connectivity index (χ1) is 27.8. The average Bonchev–Trinajstić information content (AvgIpc) is 3.87. The first-order valence-corrected chi connectivity index (χ1v) is 17.0. The number of hydrogen-bond acceptors (Lipinski definition) is 10. The third-order valence-corrected chi connectivity index (χ3v) is 7.46. The Morgan fingerprint density at radius 2 is 1.03 bits per heavy atom. The van der Waals surface area contributed by atoms with E-state index in [1.165, 1.54) is 70.5 Å². The molecule has 0 amide bonds. The maximum absolute atomic E-state index is 12.2. The Bertz CT molecular complexity index is 2290. The number of carboxylic acid groups (broad SMARTS) is 1. The van der Waals surface area contributed by atoms with Gasteiger partial charge in [-0.15, -0.1) is 36.5 Å². The van der Waals surface area contributed by atoms with Crippen LogP contribution in [-0.2, 0) is 17.6 Å². The van der Waals surface area contributed by atoms with Crippen molar-refractivity contribution in [2.45, 2.75) is 31.7 Å². The zero-order valence-electron chi connectivity index (χ0n) is 29.9. The van der Waals surface area contributed by atoms with Gasteiger partial charge in [-0.2, -0.15) is 13.2 Å². The number of hydrogen-bond donors (Lipinski definition) is 2. The summed E-state index contributed by atoms with van der Waals surface area (Å²) >= 11 is 4.53. The number of carboxylic acids is 1. The molecule has 0 aliphatic rings. The van der Waals surface area contributed by atoms with Gasteiger partial charge in [-0.25, -0.2) is 29.1 Å². The van der Waals surface area contributed by atoms with Gasteiger partial charge in [0.25, 0.3) is 0 Å². The van der Waals surface area contributed by atoms with Crippen LogP contribution in [-0.4, -0.2) is 77.8 Å². The topological polar surface area (TPSA) is 156 Å². The van der Waals surface area contributed by atoms with Gasteiger partial charge in [0, 0.05) is 11.1 Å². The van der Waals surface area contributed by atoms with Crippen LogP contribution in [0.15, 0.2) is 115 Å². The third kappa shape index (κ3) is 15.0. The smallest absolute Gasteiger partial charge is 0.475 e. The van der Waals surface area contributed by atoms with Crippen LogP contribution in [0.1, 0.15) is 11.1 Å². The number of nitrogens with zero attached hydrogens (tertiary/aromatic N) is 7. The molecule has 0 spiro atoms. The highest BCUT2D eigenvalue weighted by Gasteiger charge is 2.38. The van der Waals surface area contributed by atoms with Gasteiger partial charge in [0.2, 0.25) is 0 Å². The van der Waals surface area contributed by atoms with E-state index in [0.717, 1.165) is 35.1 Å². The summed E-state index contributed by atoms with van der Waals surface area (Å²) in [5.74, 6) is -2.30. The van der Waals surface area contributed by atoms with E-state index in [4.69, 9.17) is 15.6 Å². The van der Waals surface area contributed by atoms with E-state index in [0.29, 0.717) is 36.1 Å². The van der Waals surface area contributed by atoms with Gasteiger partial charge in [-0.1, -0.05) is 48.5 Å². The second-order valence-corrected chi connectivity index (χ2v) is 11.7. The molecule has 6 aromatic rings. The van der Waals surface area contributed by atoms with E-state index >= 15 is 0 Å². The largest absolute Gasteiger partial charge is 0.573 e. The highest BCUT2D eigenvalue weighted by atomic mass is 32.1. The Morgan fingerprint density at radius 1 is 0.661 bits per heavy atom. The molecule has 310 valence electrons. The number of aliphatic carboxylic acids is 1. The monoisotopic (exact) mass is 852 g/mol. The number of isothiocyanates is 1. The molecule has 22 heteroatoms. The van der Waals surface area contributed by atoms with Gasteiger partial charge >= 0.3 is 24.9 Å². The quantitative estimate of drug-likeness (QED) is 0.0737. The Kier molecular flexibility index (Phi) is 15.4. The molecule has 0 radical (unpaired) electrons. The van der Waals surface area contributed by atoms with Gasteiger partial charge < -0.3 is 20.3 Å². The second kappa shape index (κ2) is 20.2. The summed E-state index contributed by atoms with van der Waals surface area (Å²) in [7, 11) is 0. The lowest BCUT2D eigenvalue weighted by molar-refractivity contribution is -0.275. The van der Waals surface area contributed by atoms with Crippen LogP contribution in [0.5, 0.6) is 11.5 Å². The number of carbonyl (C=O) groups is 1. The van der Waals surface area contributed by atoms with E-state index in [2.05, 4.69) is 52.0 Å². The maximum Gasteiger partial charge on any atom is 0.573 e. The summed E-state index contributed by atoms with van der Waals surface area (Å²) < 4.78 is 116. The zero-order valence-corrected chi connectivity index (χ0v) is 30.7. The van der Waals surface area contributed by atoms with Crippen molar-refractivity contribution in [3.8, 4) is 45.6 Å². The number of rotatable bonds is 11. The van der Waals surface area contributed by atoms with Crippen LogP contribution in [0.25, 0.3) is 34.2 Å². The number of ether oxygens (including phenoxy) is 2. The van der Waals surface area contributed by atoms with Gasteiger partial charge in [-0.05, 0) is 91.3 Å². The molecule has 0 unspecified atom stereocenters. The summed E-state index contributed by atoms with van der Waals surface area (Å²) in [6, 6.07) is 26.3. The molecule has 6 rings (SSSR count). The fourth-order valence-electron chi connectivity index (χ4n) is 4.68. The Balaban J connectivity index is 0.000000225. The number of aromatic nitrogens is 6. The zero-order chi connectivity index (χ0) is 43.2. The molecule has 0 saturated heterocycles. The van der Waals surface area contributed by atoms with Crippen LogP contribution in [0, 0.1) is 0 Å². The van der Waals surface area contributed by atoms with Gasteiger partial charge in [0.15, 0.2) is 11.6 Å². The van der Waals surface area contributed by atoms with Gasteiger partial charge in [-0.3, -0.25) is 0 Å². The van der Waals surface area contributed by atoms with E-state index in [1.54, 1.807) is 0 Å². The molecule has 0 aliphatic heterocycles. The molecule has 4 aromatic carbocycles. The van der Waals surface area contributed by atoms with Crippen LogP contribution in [0.3, 0.4) is 0 Å². The van der Waals surface area contributed by atoms with Gasteiger partial charge in [0.1, 0.15) is 24.2 Å². The van der Waals surface area contributed by atoms with Crippen molar-refractivity contribution in [1.29, 1.82) is 0 Å². The van der Waals surface area contributed by atoms with Crippen molar-refractivity contribution in [3.05, 3.63) is 121 Å². The van der Waals surface area contributed by atoms with Gasteiger partial charge in [0.05, 0.1) is 23.1 Å². The van der Waals surface area contributed by atoms with E-state index < -0.39 is 24.9 Å². The fourth-order valence-corrected chi connectivity index (χ4v) is 4.77. The molecular formula is C37H29F9N8O4S. The van der Waals surface area contributed by atoms with Crippen LogP contribution >= 0.6 is 12.2 Å². The standard InChI is InChI=1S/C18H13F3N4OS.C17H15F3N4O.C2HF3O2/c19-18(20,21)26-16-7-5-15(6-8-16)25-11-23-17(24-25)14-3-1-13(2-4-14)9-10-22-12-27;18-17(19,20)25-15-7-5-14(6-8-15)24-11-22-16(23-24)13-3-1-12(2-4-13)9-10-21;3-2(4,5)1(6)7/h1-8,11H,9-10H2;1-8,11H,9-10,21H2;(H,6,7). The minimum Gasteiger partial charge on any atom is -0.475 e. The summed E-state index contributed by atoms with van der Waals surface area (Å²) in [4.78, 5) is 21.3. The number of alkyl halides is 9. The molecule has 0 fully saturated rings. The first-order valence-electron chi connectivity index (χ1n) is 16.6. The molecule has 3 N–H and O–H groups in total. The SMILES string of the molecule is FC(F)(F)Oc1ccc(-n2cnc(-c3ccc(CCN=C=S)cc3)n2)cc1.NCCc1ccc(-c2ncn(-c3ccc(OC(F)(F)F)cc3)n2)cc1.O=C(O)C(F)(F)F. The van der Waals surface area contributed by atoms with E-state index in [1.807, 2.05) is 48.5 Å². The van der Waals surface area contributed by atoms with Crippen molar-refractivity contribution in [1.82, 2.24) is 29.5 Å². The molecule has 2 heterocycles. The van der Waals surface area contributed by atoms with E-state index in [-0.39, 0.29) is 11.5 Å². The van der Waals surface area contributed by atoms with Crippen molar-refractivity contribution in [2.24, 2.45) is 10.7 Å². The van der Waals surface area contributed by atoms with Crippen LogP contribution < -0.4 is 15.2 Å². The molecule has 2 aromatic heterocycles. The molecule has 59 heavy (non-hydrogen) atoms. The van der Waals surface area contributed by atoms with Crippen LogP contribution in [0.2, 0.25) is 0 Å². The molecule has 0 aliphatic carbocycles. The molecule has 0 bridgehead atoms. The van der Waals surface area contributed by atoms with Crippen molar-refractivity contribution in [2.75, 3.05) is 13.1 Å². The summed E-state index contributed by atoms with van der Waals surface area (Å²) in [5.41, 5.74) is 10.6. The number of thiocarbonyl (C=S) groups is 1. The first kappa shape index (κ1) is 45.1. The highest BCUT2D eigenvalue weighted by molar-refractivity contribution is 7.78. The number of benzene rings is 4. The average molecular weight is 853 g/mol. The Labute approximate surface area is 333 Å². The fraction of sp³-hybridized carbons (Fsp3) is 0.189. The lowest BCUT2D eigenvalue weighted by atomic mass is 10.1. The molecule has 0 atom stereocenters. The van der Waals surface area contributed by atoms with Crippen molar-refractivity contribution in [3.63, 3.8) is 0 Å². The van der Waals surface area contributed by atoms with Crippen molar-refractivity contribution < 1.29 is 58.9 Å². The summed E-state index contributed by atoms with van der Waals surface area (Å²) in [6.45, 7) is 1.17. The maximum atomic E-state index is 12.2. The predicted octanol–water partition coefficient (Wildman–Crippen LogP) is 8.45. The van der Waals surface area contributed by atoms with Crippen LogP contribution in [0.4, 0.5) is 39.5 Å². The highest BCUT2D eigenvalue weighted by Crippen LogP contribution is 2.26. The lowest BCUT2D eigenvalue weighted by Crippen LogP contribution is -2.21. The van der Waals surface area contributed by atoms with Crippen molar-refractivity contribution >= 4 is 23.3 Å². The summed E-state index contributed by atoms with van der Waals surface area (Å²) in [5, 5.41) is 18.2. The molecular weight excluding hydrogens is 824 g/mol. The molecule has 12 nitrogen and oxygen atoms in total. The minimum atomic E-state index is -5.08. The number of halogens is 9. The summed E-state index contributed by atoms with van der Waals surface area (Å²) in [6.07, 6.45) is -9.95. The number of aliphatic imine (C=N–C) groups is 1. The predicted molar refractivity (Wildman–Crippen MR) is 197 cm³/mol. The number of nitrogens with two attached hydrogens (primary N) is 1. The normalized spacial score (nSPS) is 11.3. The Morgan fingerprint density at radius 3 is 1.36 bits per heavy atom. The Hall–Kier alpha value is -6.64. The second-order valence-electron chi connectivity index (χ2n) is 11.6. The lowest BCUT2D eigenvalue weighted by Gasteiger charge is -2.09. The third-order valence-electron chi connectivity index (χ3n) is 7.33. The molecule has 0 saturated carbocycles. The van der Waals surface area contributed by atoms with E-state index in [9.17, 15) is 39.5 Å².